The fourth-order valence-electron chi connectivity index (χ4n) is 1.72. The second kappa shape index (κ2) is 5.51. The first-order chi connectivity index (χ1) is 7.90. The first-order valence-corrected chi connectivity index (χ1v) is 5.48. The highest BCUT2D eigenvalue weighted by Crippen LogP contribution is 2.09. The zero-order valence-corrected chi connectivity index (χ0v) is 9.49. The van der Waals surface area contributed by atoms with Crippen LogP contribution in [0.15, 0.2) is 29.3 Å². The van der Waals surface area contributed by atoms with Gasteiger partial charge in [0.1, 0.15) is 0 Å². The maximum Gasteiger partial charge on any atom is 0.191 e. The van der Waals surface area contributed by atoms with E-state index in [0.29, 0.717) is 6.61 Å². The van der Waals surface area contributed by atoms with Crippen LogP contribution >= 0.6 is 0 Å². The topological polar surface area (TPSA) is 45.6 Å². The van der Waals surface area contributed by atoms with Crippen molar-refractivity contribution in [3.8, 4) is 0 Å². The number of nitrogens with zero attached hydrogens (tertiary/aromatic N) is 1. The summed E-state index contributed by atoms with van der Waals surface area (Å²) in [5, 5.41) is 6.47. The molecular formula is C12H17N3O. The molecule has 1 aliphatic rings. The molecule has 16 heavy (non-hydrogen) atoms. The second-order valence-corrected chi connectivity index (χ2v) is 3.71. The first-order valence-electron chi connectivity index (χ1n) is 5.48. The van der Waals surface area contributed by atoms with Gasteiger partial charge in [-0.25, -0.2) is 0 Å². The summed E-state index contributed by atoms with van der Waals surface area (Å²) in [6.07, 6.45) is 0. The van der Waals surface area contributed by atoms with E-state index in [4.69, 9.17) is 4.74 Å². The number of ether oxygens (including phenoxy) is 1. The van der Waals surface area contributed by atoms with Crippen molar-refractivity contribution in [1.29, 1.82) is 0 Å². The summed E-state index contributed by atoms with van der Waals surface area (Å²) in [4.78, 5) is 4.29. The van der Waals surface area contributed by atoms with Crippen molar-refractivity contribution in [3.63, 3.8) is 0 Å². The molecule has 0 atom stereocenters. The monoisotopic (exact) mass is 219 g/mol. The van der Waals surface area contributed by atoms with E-state index in [1.165, 1.54) is 11.1 Å². The lowest BCUT2D eigenvalue weighted by atomic mass is 10.1. The minimum Gasteiger partial charge on any atom is -0.380 e. The molecule has 0 saturated carbocycles. The molecule has 0 bridgehead atoms. The van der Waals surface area contributed by atoms with Gasteiger partial charge in [-0.2, -0.15) is 0 Å². The van der Waals surface area contributed by atoms with Gasteiger partial charge in [0, 0.05) is 20.2 Å². The zero-order chi connectivity index (χ0) is 11.2. The summed E-state index contributed by atoms with van der Waals surface area (Å²) in [6, 6.07) is 8.27. The van der Waals surface area contributed by atoms with Crippen molar-refractivity contribution in [3.05, 3.63) is 35.4 Å². The molecule has 0 fully saturated rings. The Morgan fingerprint density at radius 3 is 2.88 bits per heavy atom. The summed E-state index contributed by atoms with van der Waals surface area (Å²) in [6.45, 7) is 3.23. The van der Waals surface area contributed by atoms with Crippen molar-refractivity contribution >= 4 is 5.96 Å². The summed E-state index contributed by atoms with van der Waals surface area (Å²) < 4.78 is 5.17. The molecule has 1 aliphatic heterocycles. The molecule has 0 aliphatic carbocycles. The van der Waals surface area contributed by atoms with Crippen LogP contribution in [-0.4, -0.2) is 26.2 Å². The molecule has 2 N–H and O–H groups in total. The molecular weight excluding hydrogens is 202 g/mol. The molecule has 86 valence electrons. The highest BCUT2D eigenvalue weighted by atomic mass is 16.5. The smallest absolute Gasteiger partial charge is 0.191 e. The lowest BCUT2D eigenvalue weighted by Gasteiger charge is -2.10. The lowest BCUT2D eigenvalue weighted by molar-refractivity contribution is 0.184. The summed E-state index contributed by atoms with van der Waals surface area (Å²) in [7, 11) is 1.72. The van der Waals surface area contributed by atoms with E-state index in [2.05, 4.69) is 27.8 Å². The van der Waals surface area contributed by atoms with Gasteiger partial charge in [0.2, 0.25) is 0 Å². The maximum absolute atomic E-state index is 5.17. The van der Waals surface area contributed by atoms with Gasteiger partial charge in [-0.3, -0.25) is 4.99 Å². The molecule has 2 rings (SSSR count). The average Bonchev–Trinajstić information content (AvgIpc) is 2.81. The van der Waals surface area contributed by atoms with Crippen LogP contribution in [0.3, 0.4) is 0 Å². The molecule has 0 spiro atoms. The van der Waals surface area contributed by atoms with E-state index in [-0.39, 0.29) is 0 Å². The Bertz CT molecular complexity index is 376. The van der Waals surface area contributed by atoms with Gasteiger partial charge in [0.15, 0.2) is 5.96 Å². The lowest BCUT2D eigenvalue weighted by Crippen LogP contribution is -2.33. The summed E-state index contributed by atoms with van der Waals surface area (Å²) >= 11 is 0. The van der Waals surface area contributed by atoms with Crippen LogP contribution in [0.2, 0.25) is 0 Å². The van der Waals surface area contributed by atoms with Crippen molar-refractivity contribution in [2.75, 3.05) is 20.2 Å². The minimum absolute atomic E-state index is 0.651. The van der Waals surface area contributed by atoms with Gasteiger partial charge < -0.3 is 15.4 Å². The SMILES string of the molecule is COCc1ccccc1CNC1=NCCN1. The quantitative estimate of drug-likeness (QED) is 0.790. The van der Waals surface area contributed by atoms with Crippen molar-refractivity contribution < 1.29 is 4.74 Å². The van der Waals surface area contributed by atoms with E-state index < -0.39 is 0 Å². The zero-order valence-electron chi connectivity index (χ0n) is 9.49. The molecule has 0 amide bonds. The molecule has 1 heterocycles. The minimum atomic E-state index is 0.651. The second-order valence-electron chi connectivity index (χ2n) is 3.71. The maximum atomic E-state index is 5.17. The van der Waals surface area contributed by atoms with Gasteiger partial charge in [-0.1, -0.05) is 24.3 Å². The van der Waals surface area contributed by atoms with E-state index in [9.17, 15) is 0 Å². The third kappa shape index (κ3) is 2.73. The number of nitrogens with one attached hydrogen (secondary N) is 2. The van der Waals surface area contributed by atoms with Crippen LogP contribution in [0.1, 0.15) is 11.1 Å². The predicted octanol–water partition coefficient (Wildman–Crippen LogP) is 0.882. The molecule has 0 aromatic heterocycles. The Hall–Kier alpha value is -1.55. The molecule has 4 heteroatoms. The fraction of sp³-hybridized carbons (Fsp3) is 0.417. The van der Waals surface area contributed by atoms with Crippen molar-refractivity contribution in [1.82, 2.24) is 10.6 Å². The van der Waals surface area contributed by atoms with Crippen LogP contribution in [0.4, 0.5) is 0 Å². The van der Waals surface area contributed by atoms with E-state index in [0.717, 1.165) is 25.6 Å². The van der Waals surface area contributed by atoms with Crippen molar-refractivity contribution in [2.24, 2.45) is 4.99 Å². The van der Waals surface area contributed by atoms with Crippen LogP contribution in [-0.2, 0) is 17.9 Å². The van der Waals surface area contributed by atoms with Crippen LogP contribution in [0.25, 0.3) is 0 Å². The molecule has 1 aromatic rings. The molecule has 1 aromatic carbocycles. The third-order valence-electron chi connectivity index (χ3n) is 2.54. The van der Waals surface area contributed by atoms with E-state index in [1.54, 1.807) is 7.11 Å². The van der Waals surface area contributed by atoms with Crippen LogP contribution in [0.5, 0.6) is 0 Å². The highest BCUT2D eigenvalue weighted by Gasteiger charge is 2.05. The van der Waals surface area contributed by atoms with Crippen LogP contribution < -0.4 is 10.6 Å². The van der Waals surface area contributed by atoms with Crippen molar-refractivity contribution in [2.45, 2.75) is 13.2 Å². The average molecular weight is 219 g/mol. The van der Waals surface area contributed by atoms with E-state index in [1.807, 2.05) is 12.1 Å². The predicted molar refractivity (Wildman–Crippen MR) is 64.3 cm³/mol. The Kier molecular flexibility index (Phi) is 3.77. The number of hydrogen-bond donors (Lipinski definition) is 2. The Morgan fingerprint density at radius 2 is 2.19 bits per heavy atom. The Labute approximate surface area is 95.7 Å². The molecule has 0 unspecified atom stereocenters. The normalized spacial score (nSPS) is 14.4. The summed E-state index contributed by atoms with van der Waals surface area (Å²) in [5.74, 6) is 0.896. The van der Waals surface area contributed by atoms with Crippen LogP contribution in [0, 0.1) is 0 Å². The standard InChI is InChI=1S/C12H17N3O/c1-16-9-11-5-3-2-4-10(11)8-15-12-13-6-7-14-12/h2-5H,6-9H2,1H3,(H2,13,14,15). The third-order valence-corrected chi connectivity index (χ3v) is 2.54. The largest absolute Gasteiger partial charge is 0.380 e. The Morgan fingerprint density at radius 1 is 1.38 bits per heavy atom. The number of rotatable bonds is 4. The van der Waals surface area contributed by atoms with E-state index >= 15 is 0 Å². The highest BCUT2D eigenvalue weighted by molar-refractivity contribution is 5.81. The van der Waals surface area contributed by atoms with Gasteiger partial charge in [0.25, 0.3) is 0 Å². The van der Waals surface area contributed by atoms with Gasteiger partial charge in [0.05, 0.1) is 13.2 Å². The number of hydrogen-bond acceptors (Lipinski definition) is 4. The number of benzene rings is 1. The van der Waals surface area contributed by atoms with Gasteiger partial charge in [-0.05, 0) is 11.1 Å². The number of aliphatic imine (C=N–C) groups is 1. The molecule has 0 saturated heterocycles. The number of guanidine groups is 1. The van der Waals surface area contributed by atoms with Gasteiger partial charge in [-0.15, -0.1) is 0 Å². The summed E-state index contributed by atoms with van der Waals surface area (Å²) in [5.41, 5.74) is 2.47. The van der Waals surface area contributed by atoms with Gasteiger partial charge >= 0.3 is 0 Å². The number of methoxy groups -OCH3 is 1. The Balaban J connectivity index is 1.97. The molecule has 0 radical (unpaired) electrons. The first kappa shape index (κ1) is 11.0. The fourth-order valence-corrected chi connectivity index (χ4v) is 1.72. The molecule has 4 nitrogen and oxygen atoms in total.